The van der Waals surface area contributed by atoms with E-state index in [-0.39, 0.29) is 5.82 Å². The second kappa shape index (κ2) is 6.41. The Hall–Kier alpha value is -2.73. The van der Waals surface area contributed by atoms with Gasteiger partial charge in [0.15, 0.2) is 0 Å². The smallest absolute Gasteiger partial charge is 0.277 e. The molecule has 0 spiro atoms. The molecule has 0 amide bonds. The van der Waals surface area contributed by atoms with Crippen molar-refractivity contribution in [2.24, 2.45) is 0 Å². The molecule has 2 heterocycles. The van der Waals surface area contributed by atoms with Gasteiger partial charge in [-0.15, -0.1) is 10.2 Å². The fourth-order valence-electron chi connectivity index (χ4n) is 2.39. The van der Waals surface area contributed by atoms with E-state index >= 15 is 0 Å². The van der Waals surface area contributed by atoms with Gasteiger partial charge >= 0.3 is 0 Å². The van der Waals surface area contributed by atoms with E-state index in [1.165, 1.54) is 24.0 Å². The summed E-state index contributed by atoms with van der Waals surface area (Å²) in [6.07, 6.45) is 2.80. The molecule has 2 aromatic heterocycles. The molecular weight excluding hydrogens is 325 g/mol. The minimum Gasteiger partial charge on any atom is -0.411 e. The quantitative estimate of drug-likeness (QED) is 0.505. The van der Waals surface area contributed by atoms with Crippen LogP contribution in [-0.4, -0.2) is 15.2 Å². The highest BCUT2D eigenvalue weighted by atomic mass is 32.2. The molecule has 0 unspecified atom stereocenters. The van der Waals surface area contributed by atoms with Gasteiger partial charge in [-0.3, -0.25) is 4.98 Å². The minimum atomic E-state index is -0.351. The van der Waals surface area contributed by atoms with Crippen LogP contribution in [0.1, 0.15) is 5.56 Å². The number of rotatable bonds is 4. The zero-order valence-electron chi connectivity index (χ0n) is 12.5. The Labute approximate surface area is 141 Å². The average Bonchev–Trinajstić information content (AvgIpc) is 3.09. The van der Waals surface area contributed by atoms with E-state index in [4.69, 9.17) is 4.42 Å². The molecule has 0 saturated carbocycles. The zero-order chi connectivity index (χ0) is 16.4. The van der Waals surface area contributed by atoms with Gasteiger partial charge in [0.2, 0.25) is 5.89 Å². The molecule has 0 radical (unpaired) electrons. The standard InChI is InChI=1S/C18H12FN3OS/c19-16-7-12(9-20-10-16)11-24-18-22-21-17(23-18)15-6-5-13-3-1-2-4-14(13)8-15/h1-10H,11H2. The van der Waals surface area contributed by atoms with Gasteiger partial charge in [-0.1, -0.05) is 42.1 Å². The number of halogens is 1. The Bertz CT molecular complexity index is 1000. The number of hydrogen-bond acceptors (Lipinski definition) is 5. The number of benzene rings is 2. The summed E-state index contributed by atoms with van der Waals surface area (Å²) in [5.41, 5.74) is 1.64. The van der Waals surface area contributed by atoms with Gasteiger partial charge in [0.05, 0.1) is 6.20 Å². The summed E-state index contributed by atoms with van der Waals surface area (Å²) in [7, 11) is 0. The minimum absolute atomic E-state index is 0.351. The number of pyridine rings is 1. The van der Waals surface area contributed by atoms with E-state index in [0.29, 0.717) is 16.9 Å². The zero-order valence-corrected chi connectivity index (χ0v) is 13.3. The molecule has 0 fully saturated rings. The highest BCUT2D eigenvalue weighted by Crippen LogP contribution is 2.27. The van der Waals surface area contributed by atoms with E-state index in [0.717, 1.165) is 21.9 Å². The monoisotopic (exact) mass is 337 g/mol. The summed E-state index contributed by atoms with van der Waals surface area (Å²) in [5, 5.41) is 10.9. The van der Waals surface area contributed by atoms with Crippen LogP contribution >= 0.6 is 11.8 Å². The molecule has 0 bridgehead atoms. The topological polar surface area (TPSA) is 51.8 Å². The van der Waals surface area contributed by atoms with E-state index < -0.39 is 0 Å². The molecule has 0 aliphatic rings. The fourth-order valence-corrected chi connectivity index (χ4v) is 3.07. The van der Waals surface area contributed by atoms with Crippen LogP contribution in [0.15, 0.2) is 70.6 Å². The maximum absolute atomic E-state index is 13.1. The molecular formula is C18H12FN3OS. The van der Waals surface area contributed by atoms with E-state index in [1.807, 2.05) is 36.4 Å². The summed E-state index contributed by atoms with van der Waals surface area (Å²) < 4.78 is 18.8. The molecule has 4 rings (SSSR count). The largest absolute Gasteiger partial charge is 0.411 e. The van der Waals surface area contributed by atoms with Gasteiger partial charge < -0.3 is 4.42 Å². The SMILES string of the molecule is Fc1cncc(CSc2nnc(-c3ccc4ccccc4c3)o2)c1. The molecule has 0 saturated heterocycles. The molecule has 0 aliphatic carbocycles. The maximum Gasteiger partial charge on any atom is 0.277 e. The first kappa shape index (κ1) is 14.8. The molecule has 2 aromatic carbocycles. The van der Waals surface area contributed by atoms with Crippen molar-refractivity contribution in [1.29, 1.82) is 0 Å². The average molecular weight is 337 g/mol. The third kappa shape index (κ3) is 3.14. The van der Waals surface area contributed by atoms with Crippen molar-refractivity contribution < 1.29 is 8.81 Å². The van der Waals surface area contributed by atoms with Gasteiger partial charge in [-0.2, -0.15) is 0 Å². The van der Waals surface area contributed by atoms with E-state index in [1.54, 1.807) is 6.20 Å². The molecule has 4 aromatic rings. The maximum atomic E-state index is 13.1. The first-order valence-electron chi connectivity index (χ1n) is 7.33. The predicted octanol–water partition coefficient (Wildman–Crippen LogP) is 4.72. The Morgan fingerprint density at radius 2 is 1.83 bits per heavy atom. The van der Waals surface area contributed by atoms with Crippen LogP contribution in [0.5, 0.6) is 0 Å². The van der Waals surface area contributed by atoms with Crippen LogP contribution in [0.3, 0.4) is 0 Å². The fraction of sp³-hybridized carbons (Fsp3) is 0.0556. The Balaban J connectivity index is 1.53. The third-order valence-corrected chi connectivity index (χ3v) is 4.42. The summed E-state index contributed by atoms with van der Waals surface area (Å²) in [4.78, 5) is 3.82. The summed E-state index contributed by atoms with van der Waals surface area (Å²) >= 11 is 1.35. The van der Waals surface area contributed by atoms with Crippen molar-refractivity contribution in [1.82, 2.24) is 15.2 Å². The van der Waals surface area contributed by atoms with Gasteiger partial charge in [0, 0.05) is 17.5 Å². The van der Waals surface area contributed by atoms with Crippen molar-refractivity contribution in [2.45, 2.75) is 11.0 Å². The highest BCUT2D eigenvalue weighted by molar-refractivity contribution is 7.98. The van der Waals surface area contributed by atoms with Gasteiger partial charge in [0.25, 0.3) is 5.22 Å². The Kier molecular flexibility index (Phi) is 3.96. The number of fused-ring (bicyclic) bond motifs is 1. The molecule has 4 nitrogen and oxygen atoms in total. The summed E-state index contributed by atoms with van der Waals surface area (Å²) in [6.45, 7) is 0. The predicted molar refractivity (Wildman–Crippen MR) is 91.0 cm³/mol. The Morgan fingerprint density at radius 1 is 0.958 bits per heavy atom. The summed E-state index contributed by atoms with van der Waals surface area (Å²) in [5.74, 6) is 0.639. The molecule has 24 heavy (non-hydrogen) atoms. The van der Waals surface area contributed by atoms with Gasteiger partial charge in [-0.05, 0) is 34.5 Å². The number of hydrogen-bond donors (Lipinski definition) is 0. The lowest BCUT2D eigenvalue weighted by Gasteiger charge is -1.99. The molecule has 6 heteroatoms. The van der Waals surface area contributed by atoms with Crippen LogP contribution < -0.4 is 0 Å². The lowest BCUT2D eigenvalue weighted by molar-refractivity contribution is 0.466. The lowest BCUT2D eigenvalue weighted by Crippen LogP contribution is -1.85. The van der Waals surface area contributed by atoms with Crippen LogP contribution in [0, 0.1) is 5.82 Å². The first-order valence-corrected chi connectivity index (χ1v) is 8.31. The molecule has 118 valence electrons. The first-order chi connectivity index (χ1) is 11.8. The van der Waals surface area contributed by atoms with Crippen LogP contribution in [0.4, 0.5) is 4.39 Å². The molecule has 0 atom stereocenters. The van der Waals surface area contributed by atoms with Crippen molar-refractivity contribution >= 4 is 22.5 Å². The van der Waals surface area contributed by atoms with E-state index in [2.05, 4.69) is 21.2 Å². The highest BCUT2D eigenvalue weighted by Gasteiger charge is 2.10. The van der Waals surface area contributed by atoms with Crippen LogP contribution in [0.25, 0.3) is 22.2 Å². The number of aromatic nitrogens is 3. The van der Waals surface area contributed by atoms with Gasteiger partial charge in [-0.25, -0.2) is 4.39 Å². The van der Waals surface area contributed by atoms with Crippen LogP contribution in [0.2, 0.25) is 0 Å². The lowest BCUT2D eigenvalue weighted by atomic mass is 10.1. The van der Waals surface area contributed by atoms with Crippen molar-refractivity contribution in [3.8, 4) is 11.5 Å². The second-order valence-corrected chi connectivity index (χ2v) is 6.16. The van der Waals surface area contributed by atoms with Crippen molar-refractivity contribution in [2.75, 3.05) is 0 Å². The van der Waals surface area contributed by atoms with E-state index in [9.17, 15) is 4.39 Å². The molecule has 0 N–H and O–H groups in total. The van der Waals surface area contributed by atoms with Crippen molar-refractivity contribution in [3.05, 3.63) is 72.3 Å². The third-order valence-electron chi connectivity index (χ3n) is 3.53. The second-order valence-electron chi connectivity index (χ2n) is 5.24. The Morgan fingerprint density at radius 3 is 2.71 bits per heavy atom. The number of nitrogens with zero attached hydrogens (tertiary/aromatic N) is 3. The summed E-state index contributed by atoms with van der Waals surface area (Å²) in [6, 6.07) is 15.6. The van der Waals surface area contributed by atoms with Gasteiger partial charge in [0.1, 0.15) is 5.82 Å². The number of thioether (sulfide) groups is 1. The van der Waals surface area contributed by atoms with Crippen molar-refractivity contribution in [3.63, 3.8) is 0 Å². The molecule has 0 aliphatic heterocycles. The van der Waals surface area contributed by atoms with Crippen LogP contribution in [-0.2, 0) is 5.75 Å². The normalized spacial score (nSPS) is 11.0.